The van der Waals surface area contributed by atoms with Gasteiger partial charge in [0.25, 0.3) is 5.91 Å². The molecule has 1 N–H and O–H groups in total. The Hall–Kier alpha value is -3.67. The van der Waals surface area contributed by atoms with Crippen LogP contribution in [0.5, 0.6) is 5.75 Å². The molecule has 0 bridgehead atoms. The summed E-state index contributed by atoms with van der Waals surface area (Å²) in [6.45, 7) is 1.90. The molecule has 0 aliphatic rings. The Labute approximate surface area is 156 Å². The fourth-order valence-corrected chi connectivity index (χ4v) is 2.74. The third-order valence-corrected chi connectivity index (χ3v) is 4.16. The van der Waals surface area contributed by atoms with E-state index in [9.17, 15) is 4.79 Å². The number of hydrogen-bond donors (Lipinski definition) is 1. The van der Waals surface area contributed by atoms with Crippen LogP contribution in [0.25, 0.3) is 17.0 Å². The van der Waals surface area contributed by atoms with E-state index in [2.05, 4.69) is 15.3 Å². The Morgan fingerprint density at radius 1 is 1.15 bits per heavy atom. The summed E-state index contributed by atoms with van der Waals surface area (Å²) in [6.07, 6.45) is 5.52. The first kappa shape index (κ1) is 16.8. The van der Waals surface area contributed by atoms with Crippen LogP contribution in [-0.2, 0) is 4.79 Å². The highest BCUT2D eigenvalue weighted by Crippen LogP contribution is 2.25. The van der Waals surface area contributed by atoms with Crippen molar-refractivity contribution in [3.8, 4) is 17.0 Å². The molecule has 2 aromatic heterocycles. The lowest BCUT2D eigenvalue weighted by Crippen LogP contribution is -2.20. The van der Waals surface area contributed by atoms with Crippen LogP contribution in [0.4, 0.5) is 5.69 Å². The molecule has 4 aromatic rings. The van der Waals surface area contributed by atoms with Crippen molar-refractivity contribution in [1.29, 1.82) is 0 Å². The van der Waals surface area contributed by atoms with Gasteiger partial charge >= 0.3 is 0 Å². The van der Waals surface area contributed by atoms with Crippen molar-refractivity contribution >= 4 is 17.4 Å². The fraction of sp³-hybridized carbons (Fsp3) is 0.0952. The first-order chi connectivity index (χ1) is 13.2. The van der Waals surface area contributed by atoms with Gasteiger partial charge in [0.15, 0.2) is 6.61 Å². The van der Waals surface area contributed by atoms with Crippen LogP contribution in [0, 0.1) is 6.92 Å². The van der Waals surface area contributed by atoms with Crippen molar-refractivity contribution < 1.29 is 9.53 Å². The summed E-state index contributed by atoms with van der Waals surface area (Å²) >= 11 is 0. The Morgan fingerprint density at radius 2 is 2.00 bits per heavy atom. The SMILES string of the molecule is Cc1ccc(-c2cn3cccnc3n2)cc1NC(=O)COc1ccccc1. The number of para-hydroxylation sites is 1. The maximum atomic E-state index is 12.3. The van der Waals surface area contributed by atoms with Gasteiger partial charge in [0.2, 0.25) is 5.78 Å². The zero-order valence-corrected chi connectivity index (χ0v) is 14.8. The number of fused-ring (bicyclic) bond motifs is 1. The Kier molecular flexibility index (Phi) is 4.53. The normalized spacial score (nSPS) is 10.7. The van der Waals surface area contributed by atoms with Gasteiger partial charge in [-0.1, -0.05) is 30.3 Å². The molecule has 6 heteroatoms. The molecule has 4 rings (SSSR count). The Balaban J connectivity index is 1.51. The van der Waals surface area contributed by atoms with Gasteiger partial charge in [-0.05, 0) is 36.8 Å². The minimum absolute atomic E-state index is 0.0496. The van der Waals surface area contributed by atoms with Gasteiger partial charge in [0.05, 0.1) is 5.69 Å². The van der Waals surface area contributed by atoms with Crippen molar-refractivity contribution in [1.82, 2.24) is 14.4 Å². The molecular formula is C21H18N4O2. The number of aryl methyl sites for hydroxylation is 1. The topological polar surface area (TPSA) is 68.5 Å². The van der Waals surface area contributed by atoms with E-state index in [1.807, 2.05) is 78.3 Å². The van der Waals surface area contributed by atoms with Gasteiger partial charge in [0, 0.05) is 29.8 Å². The van der Waals surface area contributed by atoms with Crippen LogP contribution in [-0.4, -0.2) is 26.9 Å². The van der Waals surface area contributed by atoms with Crippen molar-refractivity contribution in [2.24, 2.45) is 0 Å². The van der Waals surface area contributed by atoms with Gasteiger partial charge in [-0.15, -0.1) is 0 Å². The fourth-order valence-electron chi connectivity index (χ4n) is 2.74. The number of carbonyl (C=O) groups excluding carboxylic acids is 1. The molecule has 134 valence electrons. The molecule has 0 atom stereocenters. The van der Waals surface area contributed by atoms with E-state index in [4.69, 9.17) is 4.74 Å². The van der Waals surface area contributed by atoms with E-state index in [1.54, 1.807) is 6.20 Å². The summed E-state index contributed by atoms with van der Waals surface area (Å²) < 4.78 is 7.36. The zero-order chi connectivity index (χ0) is 18.6. The van der Waals surface area contributed by atoms with Crippen LogP contribution in [0.15, 0.2) is 73.2 Å². The second kappa shape index (κ2) is 7.29. The standard InChI is InChI=1S/C21H18N4O2/c1-15-8-9-16(19-13-25-11-5-10-22-21(25)24-19)12-18(15)23-20(26)14-27-17-6-3-2-4-7-17/h2-13H,14H2,1H3,(H,23,26). The van der Waals surface area contributed by atoms with E-state index >= 15 is 0 Å². The number of nitrogens with zero attached hydrogens (tertiary/aromatic N) is 3. The number of carbonyl (C=O) groups is 1. The smallest absolute Gasteiger partial charge is 0.262 e. The summed E-state index contributed by atoms with van der Waals surface area (Å²) in [7, 11) is 0. The molecule has 27 heavy (non-hydrogen) atoms. The predicted molar refractivity (Wildman–Crippen MR) is 104 cm³/mol. The highest BCUT2D eigenvalue weighted by Gasteiger charge is 2.10. The lowest BCUT2D eigenvalue weighted by molar-refractivity contribution is -0.118. The maximum absolute atomic E-state index is 12.3. The van der Waals surface area contributed by atoms with Crippen LogP contribution in [0.1, 0.15) is 5.56 Å². The summed E-state index contributed by atoms with van der Waals surface area (Å²) in [6, 6.07) is 17.0. The Morgan fingerprint density at radius 3 is 2.81 bits per heavy atom. The van der Waals surface area contributed by atoms with Gasteiger partial charge in [0.1, 0.15) is 5.75 Å². The predicted octanol–water partition coefficient (Wildman–Crippen LogP) is 3.72. The van der Waals surface area contributed by atoms with E-state index < -0.39 is 0 Å². The first-order valence-electron chi connectivity index (χ1n) is 8.57. The number of rotatable bonds is 5. The minimum atomic E-state index is -0.212. The maximum Gasteiger partial charge on any atom is 0.262 e. The third kappa shape index (κ3) is 3.79. The van der Waals surface area contributed by atoms with Crippen LogP contribution < -0.4 is 10.1 Å². The molecular weight excluding hydrogens is 340 g/mol. The summed E-state index contributed by atoms with van der Waals surface area (Å²) in [5, 5.41) is 2.91. The molecule has 0 saturated heterocycles. The summed E-state index contributed by atoms with van der Waals surface area (Å²) in [5.41, 5.74) is 3.41. The average molecular weight is 358 g/mol. The summed E-state index contributed by atoms with van der Waals surface area (Å²) in [4.78, 5) is 21.0. The Bertz CT molecular complexity index is 1060. The number of aromatic nitrogens is 3. The molecule has 0 aliphatic carbocycles. The van der Waals surface area contributed by atoms with E-state index in [0.29, 0.717) is 11.5 Å². The van der Waals surface area contributed by atoms with Crippen molar-refractivity contribution in [2.45, 2.75) is 6.92 Å². The van der Waals surface area contributed by atoms with E-state index in [0.717, 1.165) is 22.5 Å². The number of benzene rings is 2. The molecule has 1 amide bonds. The monoisotopic (exact) mass is 358 g/mol. The summed E-state index contributed by atoms with van der Waals surface area (Å²) in [5.74, 6) is 1.08. The van der Waals surface area contributed by atoms with E-state index in [-0.39, 0.29) is 12.5 Å². The first-order valence-corrected chi connectivity index (χ1v) is 8.57. The molecule has 0 spiro atoms. The number of imidazole rings is 1. The molecule has 2 aromatic carbocycles. The van der Waals surface area contributed by atoms with Crippen LogP contribution in [0.3, 0.4) is 0 Å². The van der Waals surface area contributed by atoms with Gasteiger partial charge in [-0.3, -0.25) is 9.20 Å². The second-order valence-electron chi connectivity index (χ2n) is 6.13. The lowest BCUT2D eigenvalue weighted by Gasteiger charge is -2.11. The van der Waals surface area contributed by atoms with Gasteiger partial charge in [-0.2, -0.15) is 0 Å². The average Bonchev–Trinajstić information content (AvgIpc) is 3.13. The van der Waals surface area contributed by atoms with E-state index in [1.165, 1.54) is 0 Å². The van der Waals surface area contributed by atoms with Crippen molar-refractivity contribution in [3.63, 3.8) is 0 Å². The third-order valence-electron chi connectivity index (χ3n) is 4.16. The van der Waals surface area contributed by atoms with Crippen molar-refractivity contribution in [2.75, 3.05) is 11.9 Å². The number of hydrogen-bond acceptors (Lipinski definition) is 4. The molecule has 0 fully saturated rings. The van der Waals surface area contributed by atoms with Gasteiger partial charge in [-0.25, -0.2) is 9.97 Å². The molecule has 0 radical (unpaired) electrons. The highest BCUT2D eigenvalue weighted by molar-refractivity contribution is 5.93. The quantitative estimate of drug-likeness (QED) is 0.590. The van der Waals surface area contributed by atoms with Crippen molar-refractivity contribution in [3.05, 3.63) is 78.8 Å². The lowest BCUT2D eigenvalue weighted by atomic mass is 10.1. The number of nitrogens with one attached hydrogen (secondary N) is 1. The molecule has 6 nitrogen and oxygen atoms in total. The second-order valence-corrected chi connectivity index (χ2v) is 6.13. The molecule has 0 saturated carbocycles. The molecule has 0 aliphatic heterocycles. The van der Waals surface area contributed by atoms with Crippen LogP contribution >= 0.6 is 0 Å². The highest BCUT2D eigenvalue weighted by atomic mass is 16.5. The zero-order valence-electron chi connectivity index (χ0n) is 14.8. The molecule has 2 heterocycles. The number of amides is 1. The number of anilines is 1. The largest absolute Gasteiger partial charge is 0.484 e. The number of ether oxygens (including phenoxy) is 1. The minimum Gasteiger partial charge on any atom is -0.484 e. The van der Waals surface area contributed by atoms with Gasteiger partial charge < -0.3 is 10.1 Å². The molecule has 0 unspecified atom stereocenters. The van der Waals surface area contributed by atoms with Crippen LogP contribution in [0.2, 0.25) is 0 Å².